The van der Waals surface area contributed by atoms with Crippen LogP contribution in [0.15, 0.2) is 48.8 Å². The molecular formula is C19H14N4. The predicted molar refractivity (Wildman–Crippen MR) is 90.9 cm³/mol. The molecule has 1 aromatic carbocycles. The number of H-pyrrole nitrogens is 1. The summed E-state index contributed by atoms with van der Waals surface area (Å²) in [7, 11) is 0. The first-order chi connectivity index (χ1) is 11.3. The van der Waals surface area contributed by atoms with Crippen molar-refractivity contribution in [1.29, 1.82) is 5.26 Å². The van der Waals surface area contributed by atoms with Gasteiger partial charge < -0.3 is 4.98 Å². The summed E-state index contributed by atoms with van der Waals surface area (Å²) in [6, 6.07) is 14.5. The quantitative estimate of drug-likeness (QED) is 0.602. The van der Waals surface area contributed by atoms with Crippen molar-refractivity contribution >= 4 is 21.9 Å². The van der Waals surface area contributed by atoms with E-state index in [0.717, 1.165) is 39.5 Å². The molecule has 0 aliphatic heterocycles. The second-order valence-corrected chi connectivity index (χ2v) is 5.52. The van der Waals surface area contributed by atoms with Crippen LogP contribution in [-0.2, 0) is 6.42 Å². The van der Waals surface area contributed by atoms with Crippen LogP contribution in [0.25, 0.3) is 33.1 Å². The topological polar surface area (TPSA) is 65.4 Å². The molecule has 4 aromatic rings. The normalized spacial score (nSPS) is 11.0. The number of aromatic amines is 1. The summed E-state index contributed by atoms with van der Waals surface area (Å²) in [5, 5.41) is 11.0. The zero-order valence-electron chi connectivity index (χ0n) is 12.7. The highest BCUT2D eigenvalue weighted by Gasteiger charge is 2.09. The van der Waals surface area contributed by atoms with Crippen LogP contribution in [0.1, 0.15) is 18.2 Å². The van der Waals surface area contributed by atoms with Gasteiger partial charge in [0.1, 0.15) is 17.4 Å². The van der Waals surface area contributed by atoms with E-state index >= 15 is 0 Å². The minimum Gasteiger partial charge on any atom is -0.338 e. The van der Waals surface area contributed by atoms with Gasteiger partial charge in [-0.2, -0.15) is 5.26 Å². The van der Waals surface area contributed by atoms with Crippen LogP contribution in [0, 0.1) is 11.3 Å². The summed E-state index contributed by atoms with van der Waals surface area (Å²) in [5.41, 5.74) is 5.64. The van der Waals surface area contributed by atoms with Crippen LogP contribution in [0.4, 0.5) is 0 Å². The molecule has 0 unspecified atom stereocenters. The highest BCUT2D eigenvalue weighted by Crippen LogP contribution is 2.28. The Labute approximate surface area is 133 Å². The summed E-state index contributed by atoms with van der Waals surface area (Å²) in [6.45, 7) is 2.15. The fraction of sp³-hybridized carbons (Fsp3) is 0.105. The molecule has 0 fully saturated rings. The second-order valence-electron chi connectivity index (χ2n) is 5.52. The lowest BCUT2D eigenvalue weighted by Crippen LogP contribution is -1.84. The maximum absolute atomic E-state index is 9.05. The van der Waals surface area contributed by atoms with Crippen LogP contribution in [0.3, 0.4) is 0 Å². The lowest BCUT2D eigenvalue weighted by atomic mass is 10.0. The third kappa shape index (κ3) is 2.23. The van der Waals surface area contributed by atoms with Crippen molar-refractivity contribution in [1.82, 2.24) is 15.0 Å². The lowest BCUT2D eigenvalue weighted by molar-refractivity contribution is 1.14. The molecule has 4 heteroatoms. The minimum atomic E-state index is 0.413. The molecule has 4 rings (SSSR count). The third-order valence-corrected chi connectivity index (χ3v) is 4.14. The van der Waals surface area contributed by atoms with Gasteiger partial charge in [-0.1, -0.05) is 31.2 Å². The number of benzene rings is 1. The van der Waals surface area contributed by atoms with Gasteiger partial charge in [0.25, 0.3) is 0 Å². The van der Waals surface area contributed by atoms with Gasteiger partial charge in [-0.15, -0.1) is 0 Å². The van der Waals surface area contributed by atoms with Gasteiger partial charge in [0.15, 0.2) is 0 Å². The molecule has 0 aliphatic carbocycles. The van der Waals surface area contributed by atoms with Crippen molar-refractivity contribution in [2.45, 2.75) is 13.3 Å². The average Bonchev–Trinajstić information content (AvgIpc) is 2.98. The maximum atomic E-state index is 9.05. The number of nitriles is 1. The van der Waals surface area contributed by atoms with E-state index in [1.54, 1.807) is 12.3 Å². The number of fused-ring (bicyclic) bond motifs is 3. The highest BCUT2D eigenvalue weighted by molar-refractivity contribution is 6.06. The van der Waals surface area contributed by atoms with Crippen molar-refractivity contribution in [2.24, 2.45) is 0 Å². The molecular weight excluding hydrogens is 284 g/mol. The molecule has 110 valence electrons. The molecule has 0 atom stereocenters. The minimum absolute atomic E-state index is 0.413. The molecule has 0 saturated carbocycles. The fourth-order valence-corrected chi connectivity index (χ4v) is 2.83. The number of rotatable bonds is 2. The largest absolute Gasteiger partial charge is 0.338 e. The Morgan fingerprint density at radius 1 is 1.00 bits per heavy atom. The molecule has 0 bridgehead atoms. The molecule has 0 amide bonds. The van der Waals surface area contributed by atoms with Crippen LogP contribution >= 0.6 is 0 Å². The van der Waals surface area contributed by atoms with Gasteiger partial charge in [-0.3, -0.25) is 0 Å². The van der Waals surface area contributed by atoms with Gasteiger partial charge in [-0.25, -0.2) is 9.97 Å². The zero-order chi connectivity index (χ0) is 15.8. The van der Waals surface area contributed by atoms with E-state index in [1.165, 1.54) is 5.56 Å². The Balaban J connectivity index is 1.91. The first-order valence-electron chi connectivity index (χ1n) is 7.55. The van der Waals surface area contributed by atoms with Crippen molar-refractivity contribution < 1.29 is 0 Å². The van der Waals surface area contributed by atoms with E-state index in [-0.39, 0.29) is 0 Å². The molecule has 23 heavy (non-hydrogen) atoms. The molecule has 3 aromatic heterocycles. The van der Waals surface area contributed by atoms with Crippen LogP contribution in [-0.4, -0.2) is 15.0 Å². The first-order valence-corrected chi connectivity index (χ1v) is 7.55. The van der Waals surface area contributed by atoms with Crippen molar-refractivity contribution in [3.8, 4) is 17.2 Å². The number of aryl methyl sites for hydroxylation is 1. The van der Waals surface area contributed by atoms with Crippen LogP contribution in [0.5, 0.6) is 0 Å². The van der Waals surface area contributed by atoms with Crippen LogP contribution in [0.2, 0.25) is 0 Å². The molecule has 4 nitrogen and oxygen atoms in total. The Morgan fingerprint density at radius 2 is 1.83 bits per heavy atom. The summed E-state index contributed by atoms with van der Waals surface area (Å²) in [4.78, 5) is 11.9. The molecule has 0 saturated heterocycles. The van der Waals surface area contributed by atoms with E-state index < -0.39 is 0 Å². The number of nitrogens with zero attached hydrogens (tertiary/aromatic N) is 3. The van der Waals surface area contributed by atoms with E-state index in [1.807, 2.05) is 6.20 Å². The number of nitrogens with one attached hydrogen (secondary N) is 1. The Morgan fingerprint density at radius 3 is 2.57 bits per heavy atom. The number of aromatic nitrogens is 3. The Kier molecular flexibility index (Phi) is 3.06. The van der Waals surface area contributed by atoms with Gasteiger partial charge in [0.2, 0.25) is 0 Å². The summed E-state index contributed by atoms with van der Waals surface area (Å²) in [6.07, 6.45) is 4.59. The van der Waals surface area contributed by atoms with E-state index in [0.29, 0.717) is 5.69 Å². The number of pyridine rings is 2. The monoisotopic (exact) mass is 298 g/mol. The lowest BCUT2D eigenvalue weighted by Gasteiger charge is -2.03. The molecule has 0 aliphatic rings. The van der Waals surface area contributed by atoms with Gasteiger partial charge in [-0.05, 0) is 29.7 Å². The fourth-order valence-electron chi connectivity index (χ4n) is 2.83. The van der Waals surface area contributed by atoms with Gasteiger partial charge >= 0.3 is 0 Å². The predicted octanol–water partition coefficient (Wildman–Crippen LogP) is 4.21. The summed E-state index contributed by atoms with van der Waals surface area (Å²) >= 11 is 0. The van der Waals surface area contributed by atoms with E-state index in [9.17, 15) is 0 Å². The number of hydrogen-bond acceptors (Lipinski definition) is 3. The number of hydrogen-bond donors (Lipinski definition) is 1. The highest BCUT2D eigenvalue weighted by atomic mass is 14.9. The van der Waals surface area contributed by atoms with Crippen molar-refractivity contribution in [3.05, 3.63) is 60.0 Å². The average molecular weight is 298 g/mol. The summed E-state index contributed by atoms with van der Waals surface area (Å²) in [5.74, 6) is 0. The summed E-state index contributed by atoms with van der Waals surface area (Å²) < 4.78 is 0. The second kappa shape index (κ2) is 5.22. The smallest absolute Gasteiger partial charge is 0.141 e. The van der Waals surface area contributed by atoms with E-state index in [4.69, 9.17) is 5.26 Å². The standard InChI is InChI=1S/C19H14N4/c1-2-12-3-5-13(6-4-12)14-7-17-16-8-15(9-20)21-11-18(16)23-19(17)22-10-14/h3-8,10-11H,2H2,1H3,(H,22,23). The zero-order valence-corrected chi connectivity index (χ0v) is 12.7. The van der Waals surface area contributed by atoms with Crippen molar-refractivity contribution in [3.63, 3.8) is 0 Å². The van der Waals surface area contributed by atoms with E-state index in [2.05, 4.69) is 58.3 Å². The SMILES string of the molecule is CCc1ccc(-c2cnc3[nH]c4cnc(C#N)cc4c3c2)cc1. The molecule has 0 spiro atoms. The molecule has 3 heterocycles. The Hall–Kier alpha value is -3.19. The van der Waals surface area contributed by atoms with Crippen LogP contribution < -0.4 is 0 Å². The first kappa shape index (κ1) is 13.5. The Bertz CT molecular complexity index is 1050. The maximum Gasteiger partial charge on any atom is 0.141 e. The molecule has 0 radical (unpaired) electrons. The third-order valence-electron chi connectivity index (χ3n) is 4.14. The molecule has 1 N–H and O–H groups in total. The van der Waals surface area contributed by atoms with Gasteiger partial charge in [0.05, 0.1) is 11.7 Å². The van der Waals surface area contributed by atoms with Gasteiger partial charge in [0, 0.05) is 22.5 Å². The van der Waals surface area contributed by atoms with Crippen molar-refractivity contribution in [2.75, 3.05) is 0 Å².